The van der Waals surface area contributed by atoms with E-state index in [0.717, 1.165) is 10.5 Å². The van der Waals surface area contributed by atoms with Crippen LogP contribution in [0.15, 0.2) is 48.5 Å². The molecule has 2 aromatic carbocycles. The molecular formula is C22H23F2N5O3S. The van der Waals surface area contributed by atoms with E-state index >= 15 is 0 Å². The van der Waals surface area contributed by atoms with E-state index in [2.05, 4.69) is 16.0 Å². The number of carbonyl (C=O) groups excluding carboxylic acids is 3. The predicted octanol–water partition coefficient (Wildman–Crippen LogP) is 2.32. The van der Waals surface area contributed by atoms with Crippen molar-refractivity contribution in [3.63, 3.8) is 0 Å². The topological polar surface area (TPSA) is 93.8 Å². The van der Waals surface area contributed by atoms with Crippen LogP contribution in [0.25, 0.3) is 0 Å². The lowest BCUT2D eigenvalue weighted by molar-refractivity contribution is -0.140. The molecule has 2 aliphatic heterocycles. The Hall–Kier alpha value is -3.02. The molecule has 2 fully saturated rings. The van der Waals surface area contributed by atoms with Crippen molar-refractivity contribution in [3.05, 3.63) is 65.7 Å². The van der Waals surface area contributed by atoms with Crippen LogP contribution in [-0.4, -0.2) is 59.0 Å². The van der Waals surface area contributed by atoms with Crippen LogP contribution in [-0.2, 0) is 9.59 Å². The van der Waals surface area contributed by atoms with Crippen LogP contribution in [0.1, 0.15) is 11.7 Å². The molecule has 0 aromatic heterocycles. The van der Waals surface area contributed by atoms with Crippen LogP contribution in [0.4, 0.5) is 19.3 Å². The molecule has 4 atom stereocenters. The maximum absolute atomic E-state index is 13.4. The van der Waals surface area contributed by atoms with Crippen LogP contribution >= 0.6 is 11.8 Å². The first kappa shape index (κ1) is 23.1. The quantitative estimate of drug-likeness (QED) is 0.615. The predicted molar refractivity (Wildman–Crippen MR) is 120 cm³/mol. The number of rotatable bonds is 5. The minimum absolute atomic E-state index is 0.0169. The maximum Gasteiger partial charge on any atom is 0.327 e. The third-order valence-corrected chi connectivity index (χ3v) is 6.90. The van der Waals surface area contributed by atoms with E-state index in [4.69, 9.17) is 0 Å². The van der Waals surface area contributed by atoms with E-state index in [1.807, 2.05) is 0 Å². The average Bonchev–Trinajstić information content (AvgIpc) is 2.81. The molecule has 0 saturated carbocycles. The summed E-state index contributed by atoms with van der Waals surface area (Å²) in [5.41, 5.74) is 1.18. The van der Waals surface area contributed by atoms with E-state index in [1.54, 1.807) is 19.2 Å². The van der Waals surface area contributed by atoms with E-state index in [0.29, 0.717) is 5.69 Å². The molecule has 8 nitrogen and oxygen atoms in total. The number of benzene rings is 2. The van der Waals surface area contributed by atoms with E-state index < -0.39 is 35.5 Å². The highest BCUT2D eigenvalue weighted by Gasteiger charge is 2.51. The van der Waals surface area contributed by atoms with Gasteiger partial charge in [-0.2, -0.15) is 0 Å². The number of amides is 4. The van der Waals surface area contributed by atoms with Gasteiger partial charge in [-0.25, -0.2) is 13.6 Å². The second-order valence-electron chi connectivity index (χ2n) is 7.87. The summed E-state index contributed by atoms with van der Waals surface area (Å²) in [6.07, 6.45) is -1.09. The van der Waals surface area contributed by atoms with Crippen molar-refractivity contribution in [1.82, 2.24) is 20.4 Å². The molecule has 2 aliphatic rings. The molecule has 174 valence electrons. The van der Waals surface area contributed by atoms with Crippen molar-refractivity contribution in [2.75, 3.05) is 25.2 Å². The Morgan fingerprint density at radius 3 is 2.24 bits per heavy atom. The molecule has 11 heteroatoms. The van der Waals surface area contributed by atoms with Crippen molar-refractivity contribution in [2.24, 2.45) is 5.92 Å². The van der Waals surface area contributed by atoms with Gasteiger partial charge < -0.3 is 10.2 Å². The molecular weight excluding hydrogens is 452 g/mol. The fourth-order valence-corrected chi connectivity index (χ4v) is 5.05. The number of nitrogens with zero attached hydrogens (tertiary/aromatic N) is 2. The smallest absolute Gasteiger partial charge is 0.325 e. The Morgan fingerprint density at radius 2 is 1.61 bits per heavy atom. The van der Waals surface area contributed by atoms with Crippen LogP contribution in [0.5, 0.6) is 0 Å². The first-order chi connectivity index (χ1) is 15.7. The standard InChI is InChI=1S/C22H23F2N5O3S/c1-28-19-17(21(31)29(2)22(28)32)20(27-18(26-19)12-3-5-13(23)6-4-12)33-11-16(30)25-15-9-7-14(24)8-10-15/h3-10,17-20,26-27H,11H2,1-2H3,(H,25,30). The zero-order valence-electron chi connectivity index (χ0n) is 17.9. The number of nitrogens with one attached hydrogen (secondary N) is 3. The molecule has 2 saturated heterocycles. The Kier molecular flexibility index (Phi) is 6.63. The van der Waals surface area contributed by atoms with Crippen molar-refractivity contribution >= 4 is 35.3 Å². The van der Waals surface area contributed by atoms with E-state index in [9.17, 15) is 23.2 Å². The summed E-state index contributed by atoms with van der Waals surface area (Å²) in [6.45, 7) is 0. The van der Waals surface area contributed by atoms with Gasteiger partial charge in [0.1, 0.15) is 11.6 Å². The largest absolute Gasteiger partial charge is 0.327 e. The van der Waals surface area contributed by atoms with Gasteiger partial charge in [-0.15, -0.1) is 11.8 Å². The summed E-state index contributed by atoms with van der Waals surface area (Å²) in [7, 11) is 3.03. The Labute approximate surface area is 193 Å². The average molecular weight is 476 g/mol. The summed E-state index contributed by atoms with van der Waals surface area (Å²) < 4.78 is 26.5. The number of fused-ring (bicyclic) bond motifs is 1. The number of imide groups is 1. The maximum atomic E-state index is 13.4. The van der Waals surface area contributed by atoms with Gasteiger partial charge in [0, 0.05) is 19.8 Å². The number of anilines is 1. The Balaban J connectivity index is 1.52. The molecule has 2 heterocycles. The Morgan fingerprint density at radius 1 is 1.00 bits per heavy atom. The highest BCUT2D eigenvalue weighted by molar-refractivity contribution is 8.00. The lowest BCUT2D eigenvalue weighted by Crippen LogP contribution is -2.72. The zero-order valence-corrected chi connectivity index (χ0v) is 18.7. The number of carbonyl (C=O) groups is 3. The van der Waals surface area contributed by atoms with Gasteiger partial charge in [0.15, 0.2) is 0 Å². The first-order valence-corrected chi connectivity index (χ1v) is 11.3. The molecule has 33 heavy (non-hydrogen) atoms. The third-order valence-electron chi connectivity index (χ3n) is 5.68. The summed E-state index contributed by atoms with van der Waals surface area (Å²) in [6, 6.07) is 10.9. The van der Waals surface area contributed by atoms with Gasteiger partial charge in [-0.05, 0) is 42.0 Å². The molecule has 2 aromatic rings. The highest BCUT2D eigenvalue weighted by Crippen LogP contribution is 2.34. The van der Waals surface area contributed by atoms with Gasteiger partial charge in [0.25, 0.3) is 0 Å². The minimum atomic E-state index is -0.655. The van der Waals surface area contributed by atoms with Crippen molar-refractivity contribution in [2.45, 2.75) is 17.7 Å². The van der Waals surface area contributed by atoms with Gasteiger partial charge in [0.2, 0.25) is 11.8 Å². The monoisotopic (exact) mass is 475 g/mol. The SMILES string of the molecule is CN1C(=O)C2C(SCC(=O)Nc3ccc(F)cc3)NC(c3ccc(F)cc3)NC2N(C)C1=O. The zero-order chi connectivity index (χ0) is 23.7. The third kappa shape index (κ3) is 4.85. The number of urea groups is 1. The summed E-state index contributed by atoms with van der Waals surface area (Å²) in [5.74, 6) is -2.10. The van der Waals surface area contributed by atoms with E-state index in [-0.39, 0.29) is 23.4 Å². The van der Waals surface area contributed by atoms with Crippen molar-refractivity contribution in [3.8, 4) is 0 Å². The first-order valence-electron chi connectivity index (χ1n) is 10.2. The fourth-order valence-electron chi connectivity index (χ4n) is 3.94. The van der Waals surface area contributed by atoms with Crippen molar-refractivity contribution < 1.29 is 23.2 Å². The van der Waals surface area contributed by atoms with E-state index in [1.165, 1.54) is 60.1 Å². The molecule has 4 rings (SSSR count). The number of halogens is 2. The molecule has 0 bridgehead atoms. The molecule has 0 spiro atoms. The minimum Gasteiger partial charge on any atom is -0.325 e. The van der Waals surface area contributed by atoms with Gasteiger partial charge in [0.05, 0.1) is 29.4 Å². The van der Waals surface area contributed by atoms with Gasteiger partial charge >= 0.3 is 6.03 Å². The van der Waals surface area contributed by atoms with Gasteiger partial charge in [-0.1, -0.05) is 12.1 Å². The van der Waals surface area contributed by atoms with Crippen LogP contribution in [0, 0.1) is 17.6 Å². The van der Waals surface area contributed by atoms with Crippen molar-refractivity contribution in [1.29, 1.82) is 0 Å². The van der Waals surface area contributed by atoms with Crippen LogP contribution < -0.4 is 16.0 Å². The van der Waals surface area contributed by atoms with Crippen LogP contribution in [0.2, 0.25) is 0 Å². The second-order valence-corrected chi connectivity index (χ2v) is 9.00. The normalized spacial score (nSPS) is 25.1. The van der Waals surface area contributed by atoms with Crippen LogP contribution in [0.3, 0.4) is 0 Å². The lowest BCUT2D eigenvalue weighted by atomic mass is 9.96. The summed E-state index contributed by atoms with van der Waals surface area (Å²) in [5, 5.41) is 8.75. The van der Waals surface area contributed by atoms with Gasteiger partial charge in [-0.3, -0.25) is 25.1 Å². The molecule has 0 radical (unpaired) electrons. The lowest BCUT2D eigenvalue weighted by Gasteiger charge is -2.50. The highest BCUT2D eigenvalue weighted by atomic mass is 32.2. The summed E-state index contributed by atoms with van der Waals surface area (Å²) >= 11 is 1.23. The molecule has 4 amide bonds. The Bertz CT molecular complexity index is 1050. The molecule has 3 N–H and O–H groups in total. The molecule has 0 aliphatic carbocycles. The second kappa shape index (κ2) is 9.46. The number of hydrogen-bond donors (Lipinski definition) is 3. The summed E-state index contributed by atoms with van der Waals surface area (Å²) in [4.78, 5) is 40.5. The molecule has 4 unspecified atom stereocenters. The number of hydrogen-bond acceptors (Lipinski definition) is 6. The number of thioether (sulfide) groups is 1. The fraction of sp³-hybridized carbons (Fsp3) is 0.318.